The fourth-order valence-electron chi connectivity index (χ4n) is 8.68. The van der Waals surface area contributed by atoms with Gasteiger partial charge in [0.1, 0.15) is 0 Å². The van der Waals surface area contributed by atoms with Crippen LogP contribution in [0.25, 0.3) is 78.3 Å². The summed E-state index contributed by atoms with van der Waals surface area (Å²) in [4.78, 5) is 19.8. The summed E-state index contributed by atoms with van der Waals surface area (Å²) in [6.07, 6.45) is 10.00. The second kappa shape index (κ2) is 12.5. The number of hydrogen-bond donors (Lipinski definition) is 0. The first-order valence-corrected chi connectivity index (χ1v) is 18.3. The van der Waals surface area contributed by atoms with Gasteiger partial charge in [-0.1, -0.05) is 141 Å². The van der Waals surface area contributed by atoms with Gasteiger partial charge in [-0.05, 0) is 92.4 Å². The molecule has 4 nitrogen and oxygen atoms in total. The molecule has 0 saturated heterocycles. The molecule has 10 rings (SSSR count). The van der Waals surface area contributed by atoms with Crippen molar-refractivity contribution < 1.29 is 0 Å². The third-order valence-electron chi connectivity index (χ3n) is 11.2. The van der Waals surface area contributed by atoms with Crippen molar-refractivity contribution in [2.24, 2.45) is 0 Å². The Morgan fingerprint density at radius 2 is 1.08 bits per heavy atom. The van der Waals surface area contributed by atoms with Crippen LogP contribution >= 0.6 is 0 Å². The predicted molar refractivity (Wildman–Crippen MR) is 212 cm³/mol. The van der Waals surface area contributed by atoms with Crippen molar-refractivity contribution in [1.29, 1.82) is 0 Å². The van der Waals surface area contributed by atoms with Gasteiger partial charge in [-0.2, -0.15) is 0 Å². The van der Waals surface area contributed by atoms with Crippen LogP contribution in [0.2, 0.25) is 0 Å². The van der Waals surface area contributed by atoms with E-state index in [1.165, 1.54) is 70.9 Å². The van der Waals surface area contributed by atoms with E-state index in [2.05, 4.69) is 126 Å². The molecule has 0 amide bonds. The second-order valence-corrected chi connectivity index (χ2v) is 14.2. The predicted octanol–water partition coefficient (Wildman–Crippen LogP) is 12.0. The van der Waals surface area contributed by atoms with Crippen LogP contribution in [0.5, 0.6) is 0 Å². The maximum absolute atomic E-state index is 5.18. The van der Waals surface area contributed by atoms with Crippen molar-refractivity contribution >= 4 is 10.8 Å². The van der Waals surface area contributed by atoms with E-state index in [4.69, 9.17) is 15.0 Å². The lowest BCUT2D eigenvalue weighted by Gasteiger charge is -2.36. The first-order chi connectivity index (χ1) is 25.7. The van der Waals surface area contributed by atoms with Crippen LogP contribution in [0.1, 0.15) is 43.2 Å². The fourth-order valence-corrected chi connectivity index (χ4v) is 8.68. The Bertz CT molecular complexity index is 2610. The van der Waals surface area contributed by atoms with Gasteiger partial charge < -0.3 is 0 Å². The van der Waals surface area contributed by atoms with Crippen LogP contribution in [-0.4, -0.2) is 19.9 Å². The largest absolute Gasteiger partial charge is 0.264 e. The first kappa shape index (κ1) is 30.6. The van der Waals surface area contributed by atoms with Crippen LogP contribution in [0, 0.1) is 0 Å². The van der Waals surface area contributed by atoms with Crippen molar-refractivity contribution in [1.82, 2.24) is 19.9 Å². The van der Waals surface area contributed by atoms with E-state index in [-0.39, 0.29) is 5.41 Å². The molecule has 52 heavy (non-hydrogen) atoms. The molecule has 2 aromatic heterocycles. The smallest absolute Gasteiger partial charge is 0.164 e. The average molecular weight is 669 g/mol. The molecule has 1 fully saturated rings. The third-order valence-corrected chi connectivity index (χ3v) is 11.2. The highest BCUT2D eigenvalue weighted by Crippen LogP contribution is 2.57. The molecule has 4 heteroatoms. The molecule has 0 bridgehead atoms. The van der Waals surface area contributed by atoms with Gasteiger partial charge >= 0.3 is 0 Å². The molecular weight excluding hydrogens is 633 g/mol. The molecule has 6 aromatic carbocycles. The van der Waals surface area contributed by atoms with E-state index in [9.17, 15) is 0 Å². The normalized spacial score (nSPS) is 14.3. The zero-order valence-corrected chi connectivity index (χ0v) is 28.8. The van der Waals surface area contributed by atoms with Gasteiger partial charge in [-0.15, -0.1) is 0 Å². The second-order valence-electron chi connectivity index (χ2n) is 14.2. The quantitative estimate of drug-likeness (QED) is 0.183. The Morgan fingerprint density at radius 3 is 1.90 bits per heavy atom. The van der Waals surface area contributed by atoms with E-state index in [0.717, 1.165) is 33.2 Å². The standard InChI is InChI=1S/C48H36N4/c1-3-13-33(14-4-1)45-50-46(37-20-19-32-12-5-6-15-34(32)28-37)52-47(51-45)41-18-8-7-17-39(41)36-22-24-43-42(29-36)40-23-21-35(38-16-11-27-49-31-38)30-44(40)48(43)25-9-2-10-26-48/h1,3-8,11-24,27-31H,2,9-10,25-26H2. The fraction of sp³-hybridized carbons (Fsp3) is 0.125. The molecule has 0 radical (unpaired) electrons. The van der Waals surface area contributed by atoms with Crippen LogP contribution in [-0.2, 0) is 5.41 Å². The number of nitrogens with zero attached hydrogens (tertiary/aromatic N) is 4. The lowest BCUT2D eigenvalue weighted by molar-refractivity contribution is 0.353. The Kier molecular flexibility index (Phi) is 7.35. The average Bonchev–Trinajstić information content (AvgIpc) is 3.48. The molecule has 2 heterocycles. The van der Waals surface area contributed by atoms with Crippen molar-refractivity contribution in [3.63, 3.8) is 0 Å². The zero-order valence-electron chi connectivity index (χ0n) is 28.8. The van der Waals surface area contributed by atoms with Gasteiger partial charge in [0.25, 0.3) is 0 Å². The Labute approximate surface area is 304 Å². The van der Waals surface area contributed by atoms with E-state index < -0.39 is 0 Å². The number of fused-ring (bicyclic) bond motifs is 6. The van der Waals surface area contributed by atoms with Crippen molar-refractivity contribution in [3.05, 3.63) is 169 Å². The van der Waals surface area contributed by atoms with Crippen LogP contribution in [0.4, 0.5) is 0 Å². The summed E-state index contributed by atoms with van der Waals surface area (Å²) in [6.45, 7) is 0. The van der Waals surface area contributed by atoms with E-state index in [0.29, 0.717) is 17.5 Å². The number of aromatic nitrogens is 4. The SMILES string of the molecule is c1ccc(-c2nc(-c3ccc4ccccc4c3)nc(-c3ccccc3-c3ccc4c(c3)-c3ccc(-c5cccnc5)cc3C43CCCCC3)n2)cc1. The lowest BCUT2D eigenvalue weighted by Crippen LogP contribution is -2.28. The summed E-state index contributed by atoms with van der Waals surface area (Å²) < 4.78 is 0. The van der Waals surface area contributed by atoms with Gasteiger partial charge in [0.05, 0.1) is 0 Å². The van der Waals surface area contributed by atoms with Gasteiger partial charge in [0, 0.05) is 34.5 Å². The molecule has 1 spiro atoms. The van der Waals surface area contributed by atoms with Crippen LogP contribution in [0.3, 0.4) is 0 Å². The van der Waals surface area contributed by atoms with Crippen LogP contribution < -0.4 is 0 Å². The number of rotatable bonds is 5. The molecule has 0 N–H and O–H groups in total. The lowest BCUT2D eigenvalue weighted by atomic mass is 9.67. The highest BCUT2D eigenvalue weighted by atomic mass is 15.0. The molecule has 0 aliphatic heterocycles. The number of benzene rings is 6. The van der Waals surface area contributed by atoms with Crippen molar-refractivity contribution in [2.75, 3.05) is 0 Å². The molecule has 2 aliphatic carbocycles. The van der Waals surface area contributed by atoms with Gasteiger partial charge in [-0.25, -0.2) is 15.0 Å². The monoisotopic (exact) mass is 668 g/mol. The number of pyridine rings is 1. The number of hydrogen-bond acceptors (Lipinski definition) is 4. The minimum atomic E-state index is 0.0483. The topological polar surface area (TPSA) is 51.6 Å². The Hall–Kier alpha value is -6.26. The zero-order chi connectivity index (χ0) is 34.5. The molecule has 0 atom stereocenters. The molecule has 1 saturated carbocycles. The molecule has 8 aromatic rings. The van der Waals surface area contributed by atoms with Gasteiger partial charge in [-0.3, -0.25) is 4.98 Å². The Morgan fingerprint density at radius 1 is 0.385 bits per heavy atom. The molecule has 248 valence electrons. The summed E-state index contributed by atoms with van der Waals surface area (Å²) in [5, 5.41) is 2.35. The summed E-state index contributed by atoms with van der Waals surface area (Å²) in [5.41, 5.74) is 13.3. The maximum Gasteiger partial charge on any atom is 0.164 e. The molecule has 2 aliphatic rings. The van der Waals surface area contributed by atoms with Crippen molar-refractivity contribution in [2.45, 2.75) is 37.5 Å². The molecular formula is C48H36N4. The maximum atomic E-state index is 5.18. The van der Waals surface area contributed by atoms with E-state index in [1.54, 1.807) is 0 Å². The first-order valence-electron chi connectivity index (χ1n) is 18.3. The minimum absolute atomic E-state index is 0.0483. The Balaban J connectivity index is 1.12. The van der Waals surface area contributed by atoms with Crippen LogP contribution in [0.15, 0.2) is 158 Å². The van der Waals surface area contributed by atoms with E-state index in [1.807, 2.05) is 36.7 Å². The van der Waals surface area contributed by atoms with Gasteiger partial charge in [0.15, 0.2) is 17.5 Å². The van der Waals surface area contributed by atoms with Gasteiger partial charge in [0.2, 0.25) is 0 Å². The summed E-state index contributed by atoms with van der Waals surface area (Å²) >= 11 is 0. The minimum Gasteiger partial charge on any atom is -0.264 e. The van der Waals surface area contributed by atoms with Crippen molar-refractivity contribution in [3.8, 4) is 67.5 Å². The third kappa shape index (κ3) is 5.13. The summed E-state index contributed by atoms with van der Waals surface area (Å²) in [7, 11) is 0. The summed E-state index contributed by atoms with van der Waals surface area (Å²) in [6, 6.07) is 52.0. The highest BCUT2D eigenvalue weighted by Gasteiger charge is 2.44. The summed E-state index contributed by atoms with van der Waals surface area (Å²) in [5.74, 6) is 1.99. The molecule has 0 unspecified atom stereocenters. The highest BCUT2D eigenvalue weighted by molar-refractivity contribution is 5.90. The van der Waals surface area contributed by atoms with E-state index >= 15 is 0 Å².